The second-order valence-corrected chi connectivity index (χ2v) is 7.67. The van der Waals surface area contributed by atoms with Gasteiger partial charge in [-0.05, 0) is 42.0 Å². The lowest BCUT2D eigenvalue weighted by molar-refractivity contribution is -0.136. The molecule has 4 heterocycles. The van der Waals surface area contributed by atoms with Crippen molar-refractivity contribution in [2.75, 3.05) is 19.0 Å². The Labute approximate surface area is 168 Å². The maximum absolute atomic E-state index is 13.2. The molecular weight excluding hydrogens is 370 g/mol. The molecule has 3 aliphatic rings. The van der Waals surface area contributed by atoms with Gasteiger partial charge in [-0.25, -0.2) is 0 Å². The SMILES string of the molecule is COc1ccc(NC(=O)C2C3C=C[C@]4(CN(Cc5ccncc5)C(=O)C24)O3)cc1. The van der Waals surface area contributed by atoms with Crippen molar-refractivity contribution in [3.05, 3.63) is 66.5 Å². The van der Waals surface area contributed by atoms with Crippen molar-refractivity contribution in [2.45, 2.75) is 18.2 Å². The van der Waals surface area contributed by atoms with E-state index in [9.17, 15) is 9.59 Å². The minimum atomic E-state index is -0.712. The molecule has 3 aliphatic heterocycles. The van der Waals surface area contributed by atoms with Gasteiger partial charge in [0.05, 0.1) is 31.6 Å². The first-order valence-corrected chi connectivity index (χ1v) is 9.59. The summed E-state index contributed by atoms with van der Waals surface area (Å²) in [4.78, 5) is 32.1. The number of hydrogen-bond acceptors (Lipinski definition) is 5. The summed E-state index contributed by atoms with van der Waals surface area (Å²) >= 11 is 0. The fourth-order valence-electron chi connectivity index (χ4n) is 4.62. The number of amides is 2. The van der Waals surface area contributed by atoms with Gasteiger partial charge in [-0.3, -0.25) is 14.6 Å². The Balaban J connectivity index is 1.36. The molecule has 2 saturated heterocycles. The average molecular weight is 391 g/mol. The van der Waals surface area contributed by atoms with Crippen LogP contribution in [0.3, 0.4) is 0 Å². The molecule has 2 bridgehead atoms. The maximum Gasteiger partial charge on any atom is 0.231 e. The smallest absolute Gasteiger partial charge is 0.231 e. The summed E-state index contributed by atoms with van der Waals surface area (Å²) in [5.74, 6) is -0.570. The number of anilines is 1. The number of hydrogen-bond donors (Lipinski definition) is 1. The van der Waals surface area contributed by atoms with Crippen LogP contribution in [-0.2, 0) is 20.9 Å². The van der Waals surface area contributed by atoms with Crippen molar-refractivity contribution in [2.24, 2.45) is 11.8 Å². The predicted octanol–water partition coefficient (Wildman–Crippen LogP) is 2.01. The summed E-state index contributed by atoms with van der Waals surface area (Å²) in [6.45, 7) is 0.937. The highest BCUT2D eigenvalue weighted by Crippen LogP contribution is 2.52. The van der Waals surface area contributed by atoms with Gasteiger partial charge in [0, 0.05) is 24.6 Å². The van der Waals surface area contributed by atoms with Gasteiger partial charge < -0.3 is 19.7 Å². The highest BCUT2D eigenvalue weighted by molar-refractivity contribution is 5.99. The van der Waals surface area contributed by atoms with Gasteiger partial charge >= 0.3 is 0 Å². The molecule has 148 valence electrons. The molecule has 1 spiro atoms. The van der Waals surface area contributed by atoms with Gasteiger partial charge in [-0.15, -0.1) is 0 Å². The van der Waals surface area contributed by atoms with Crippen LogP contribution in [0.2, 0.25) is 0 Å². The number of pyridine rings is 1. The van der Waals surface area contributed by atoms with Crippen LogP contribution in [0, 0.1) is 11.8 Å². The van der Waals surface area contributed by atoms with Crippen molar-refractivity contribution < 1.29 is 19.1 Å². The highest BCUT2D eigenvalue weighted by atomic mass is 16.5. The molecule has 0 saturated carbocycles. The number of likely N-dealkylation sites (tertiary alicyclic amines) is 1. The average Bonchev–Trinajstić information content (AvgIpc) is 3.38. The summed E-state index contributed by atoms with van der Waals surface area (Å²) in [5.41, 5.74) is 0.953. The number of methoxy groups -OCH3 is 1. The Morgan fingerprint density at radius 2 is 2.03 bits per heavy atom. The summed E-state index contributed by atoms with van der Waals surface area (Å²) in [6, 6.07) is 10.9. The van der Waals surface area contributed by atoms with E-state index >= 15 is 0 Å². The number of fused-ring (bicyclic) bond motifs is 1. The third-order valence-electron chi connectivity index (χ3n) is 5.96. The molecule has 5 rings (SSSR count). The molecule has 0 aliphatic carbocycles. The van der Waals surface area contributed by atoms with Crippen molar-refractivity contribution in [1.29, 1.82) is 0 Å². The van der Waals surface area contributed by atoms with E-state index in [0.29, 0.717) is 24.5 Å². The summed E-state index contributed by atoms with van der Waals surface area (Å²) < 4.78 is 11.3. The first-order chi connectivity index (χ1) is 14.1. The highest BCUT2D eigenvalue weighted by Gasteiger charge is 2.66. The van der Waals surface area contributed by atoms with E-state index in [1.165, 1.54) is 0 Å². The van der Waals surface area contributed by atoms with Crippen LogP contribution in [0.5, 0.6) is 5.75 Å². The maximum atomic E-state index is 13.2. The fourth-order valence-corrected chi connectivity index (χ4v) is 4.62. The Morgan fingerprint density at radius 3 is 2.76 bits per heavy atom. The number of carbonyl (C=O) groups is 2. The molecule has 7 heteroatoms. The van der Waals surface area contributed by atoms with Crippen LogP contribution in [0.25, 0.3) is 0 Å². The largest absolute Gasteiger partial charge is 0.497 e. The molecule has 3 unspecified atom stereocenters. The second-order valence-electron chi connectivity index (χ2n) is 7.67. The lowest BCUT2D eigenvalue weighted by atomic mass is 9.77. The van der Waals surface area contributed by atoms with E-state index < -0.39 is 17.4 Å². The van der Waals surface area contributed by atoms with Crippen LogP contribution >= 0.6 is 0 Å². The Bertz CT molecular complexity index is 975. The van der Waals surface area contributed by atoms with Gasteiger partial charge in [0.1, 0.15) is 11.4 Å². The van der Waals surface area contributed by atoms with Gasteiger partial charge in [-0.1, -0.05) is 12.2 Å². The zero-order chi connectivity index (χ0) is 20.0. The number of nitrogens with one attached hydrogen (secondary N) is 1. The summed E-state index contributed by atoms with van der Waals surface area (Å²) in [6.07, 6.45) is 6.93. The van der Waals surface area contributed by atoms with E-state index in [1.807, 2.05) is 24.3 Å². The van der Waals surface area contributed by atoms with Gasteiger partial charge in [0.2, 0.25) is 11.8 Å². The minimum absolute atomic E-state index is 0.0384. The van der Waals surface area contributed by atoms with Crippen molar-refractivity contribution in [3.8, 4) is 5.75 Å². The van der Waals surface area contributed by atoms with Crippen molar-refractivity contribution >= 4 is 17.5 Å². The van der Waals surface area contributed by atoms with Crippen LogP contribution in [0.1, 0.15) is 5.56 Å². The normalized spacial score (nSPS) is 29.2. The van der Waals surface area contributed by atoms with E-state index in [1.54, 1.807) is 48.7 Å². The van der Waals surface area contributed by atoms with Gasteiger partial charge in [0.25, 0.3) is 0 Å². The molecule has 7 nitrogen and oxygen atoms in total. The lowest BCUT2D eigenvalue weighted by Gasteiger charge is -2.23. The number of carbonyl (C=O) groups excluding carboxylic acids is 2. The van der Waals surface area contributed by atoms with Crippen LogP contribution < -0.4 is 10.1 Å². The molecule has 29 heavy (non-hydrogen) atoms. The standard InChI is InChI=1S/C22H21N3O4/c1-28-16-4-2-15(3-5-16)24-20(26)18-17-6-9-22(29-17)13-25(21(27)19(18)22)12-14-7-10-23-11-8-14/h2-11,17-19H,12-13H2,1H3,(H,24,26)/t17?,18?,19?,22-/m1/s1. The Kier molecular flexibility index (Phi) is 4.13. The quantitative estimate of drug-likeness (QED) is 0.789. The van der Waals surface area contributed by atoms with Gasteiger partial charge in [-0.2, -0.15) is 0 Å². The number of ether oxygens (including phenoxy) is 2. The Hall–Kier alpha value is -3.19. The topological polar surface area (TPSA) is 80.8 Å². The molecule has 4 atom stereocenters. The van der Waals surface area contributed by atoms with E-state index in [-0.39, 0.29) is 17.9 Å². The first kappa shape index (κ1) is 17.9. The summed E-state index contributed by atoms with van der Waals surface area (Å²) in [5, 5.41) is 2.93. The van der Waals surface area contributed by atoms with Crippen LogP contribution in [-0.4, -0.2) is 47.1 Å². The summed E-state index contributed by atoms with van der Waals surface area (Å²) in [7, 11) is 1.59. The Morgan fingerprint density at radius 1 is 1.28 bits per heavy atom. The number of aromatic nitrogens is 1. The third kappa shape index (κ3) is 2.89. The monoisotopic (exact) mass is 391 g/mol. The molecule has 1 aromatic heterocycles. The molecule has 2 aromatic rings. The molecular formula is C22H21N3O4. The molecule has 1 aromatic carbocycles. The molecule has 0 radical (unpaired) electrons. The number of nitrogens with zero attached hydrogens (tertiary/aromatic N) is 2. The first-order valence-electron chi connectivity index (χ1n) is 9.59. The van der Waals surface area contributed by atoms with Crippen LogP contribution in [0.15, 0.2) is 60.9 Å². The fraction of sp³-hybridized carbons (Fsp3) is 0.318. The number of rotatable bonds is 5. The van der Waals surface area contributed by atoms with Gasteiger partial charge in [0.15, 0.2) is 0 Å². The van der Waals surface area contributed by atoms with Crippen LogP contribution in [0.4, 0.5) is 5.69 Å². The van der Waals surface area contributed by atoms with Crippen molar-refractivity contribution in [1.82, 2.24) is 9.88 Å². The van der Waals surface area contributed by atoms with E-state index in [4.69, 9.17) is 9.47 Å². The lowest BCUT2D eigenvalue weighted by Crippen LogP contribution is -2.41. The minimum Gasteiger partial charge on any atom is -0.497 e. The predicted molar refractivity (Wildman–Crippen MR) is 105 cm³/mol. The zero-order valence-electron chi connectivity index (χ0n) is 15.9. The number of benzene rings is 1. The molecule has 2 amide bonds. The van der Waals surface area contributed by atoms with Crippen molar-refractivity contribution in [3.63, 3.8) is 0 Å². The third-order valence-corrected chi connectivity index (χ3v) is 5.96. The zero-order valence-corrected chi connectivity index (χ0v) is 15.9. The second kappa shape index (κ2) is 6.70. The molecule has 2 fully saturated rings. The van der Waals surface area contributed by atoms with E-state index in [2.05, 4.69) is 10.3 Å². The molecule has 1 N–H and O–H groups in total. The van der Waals surface area contributed by atoms with E-state index in [0.717, 1.165) is 5.56 Å².